The van der Waals surface area contributed by atoms with Gasteiger partial charge in [0.25, 0.3) is 0 Å². The largest absolute Gasteiger partial charge is 0.491 e. The third kappa shape index (κ3) is 5.57. The zero-order valence-electron chi connectivity index (χ0n) is 16.4. The number of hydrogen-bond donors (Lipinski definition) is 1. The van der Waals surface area contributed by atoms with E-state index in [4.69, 9.17) is 4.74 Å². The molecule has 1 aromatic heterocycles. The van der Waals surface area contributed by atoms with Gasteiger partial charge in [0, 0.05) is 51.7 Å². The lowest BCUT2D eigenvalue weighted by Gasteiger charge is -2.39. The summed E-state index contributed by atoms with van der Waals surface area (Å²) >= 11 is 0. The van der Waals surface area contributed by atoms with E-state index in [1.165, 1.54) is 5.56 Å². The molecule has 0 spiro atoms. The maximum atomic E-state index is 11.5. The van der Waals surface area contributed by atoms with E-state index in [2.05, 4.69) is 22.1 Å². The average Bonchev–Trinajstić information content (AvgIpc) is 3.19. The van der Waals surface area contributed by atoms with Crippen molar-refractivity contribution in [2.75, 3.05) is 50.8 Å². The Kier molecular flexibility index (Phi) is 6.19. The van der Waals surface area contributed by atoms with Crippen LogP contribution in [0.5, 0.6) is 5.75 Å². The van der Waals surface area contributed by atoms with Gasteiger partial charge in [0.05, 0.1) is 17.5 Å². The Balaban J connectivity index is 1.16. The molecule has 0 radical (unpaired) electrons. The summed E-state index contributed by atoms with van der Waals surface area (Å²) < 4.78 is 30.6. The predicted octanol–water partition coefficient (Wildman–Crippen LogP) is 0.410. The minimum atomic E-state index is -2.89. The van der Waals surface area contributed by atoms with Crippen LogP contribution in [0.25, 0.3) is 0 Å². The van der Waals surface area contributed by atoms with Crippen LogP contribution in [0.1, 0.15) is 11.6 Å². The summed E-state index contributed by atoms with van der Waals surface area (Å²) in [5.41, 5.74) is 1.23. The molecule has 2 fully saturated rings. The summed E-state index contributed by atoms with van der Waals surface area (Å²) in [6, 6.07) is 10.4. The standard InChI is InChI=1S/C20H28N4O4S/c25-19(15-22-8-10-29(26,27)11-9-22)16-28-20-4-2-17(3-5-20)12-23-13-18(14-23)24-7-1-6-21-24/h1-7,18-19,25H,8-16H2. The van der Waals surface area contributed by atoms with Crippen molar-refractivity contribution in [2.45, 2.75) is 18.7 Å². The van der Waals surface area contributed by atoms with Gasteiger partial charge in [0.1, 0.15) is 18.5 Å². The van der Waals surface area contributed by atoms with E-state index in [1.807, 2.05) is 40.2 Å². The zero-order chi connectivity index (χ0) is 20.3. The van der Waals surface area contributed by atoms with Crippen LogP contribution in [-0.4, -0.2) is 90.0 Å². The van der Waals surface area contributed by atoms with Gasteiger partial charge < -0.3 is 9.84 Å². The lowest BCUT2D eigenvalue weighted by atomic mass is 10.1. The lowest BCUT2D eigenvalue weighted by Crippen LogP contribution is -2.47. The molecule has 29 heavy (non-hydrogen) atoms. The third-order valence-corrected chi connectivity index (χ3v) is 7.12. The number of sulfone groups is 1. The van der Waals surface area contributed by atoms with E-state index < -0.39 is 15.9 Å². The van der Waals surface area contributed by atoms with Crippen LogP contribution in [0, 0.1) is 0 Å². The van der Waals surface area contributed by atoms with Crippen LogP contribution < -0.4 is 4.74 Å². The molecule has 0 aliphatic carbocycles. The van der Waals surface area contributed by atoms with E-state index in [1.54, 1.807) is 0 Å². The van der Waals surface area contributed by atoms with Gasteiger partial charge in [-0.1, -0.05) is 12.1 Å². The van der Waals surface area contributed by atoms with E-state index in [-0.39, 0.29) is 18.1 Å². The fraction of sp³-hybridized carbons (Fsp3) is 0.550. The van der Waals surface area contributed by atoms with Crippen molar-refractivity contribution in [1.82, 2.24) is 19.6 Å². The van der Waals surface area contributed by atoms with Crippen molar-refractivity contribution in [3.8, 4) is 5.75 Å². The first-order valence-electron chi connectivity index (χ1n) is 10.0. The third-order valence-electron chi connectivity index (χ3n) is 5.51. The van der Waals surface area contributed by atoms with Crippen LogP contribution in [0.2, 0.25) is 0 Å². The molecule has 2 saturated heterocycles. The molecule has 1 atom stereocenters. The van der Waals surface area contributed by atoms with Gasteiger partial charge in [0.2, 0.25) is 0 Å². The number of benzene rings is 1. The topological polar surface area (TPSA) is 87.9 Å². The fourth-order valence-corrected chi connectivity index (χ4v) is 5.04. The Morgan fingerprint density at radius 2 is 1.86 bits per heavy atom. The van der Waals surface area contributed by atoms with Crippen LogP contribution in [-0.2, 0) is 16.4 Å². The number of nitrogens with zero attached hydrogens (tertiary/aromatic N) is 4. The highest BCUT2D eigenvalue weighted by Gasteiger charge is 2.28. The van der Waals surface area contributed by atoms with Crippen molar-refractivity contribution in [2.24, 2.45) is 0 Å². The molecular formula is C20H28N4O4S. The van der Waals surface area contributed by atoms with Crippen molar-refractivity contribution >= 4 is 9.84 Å². The monoisotopic (exact) mass is 420 g/mol. The molecule has 8 nitrogen and oxygen atoms in total. The van der Waals surface area contributed by atoms with Crippen LogP contribution in [0.15, 0.2) is 42.7 Å². The molecule has 9 heteroatoms. The number of β-amino-alcohol motifs (C(OH)–C–C–N with tert-alkyl or cyclic N) is 1. The maximum Gasteiger partial charge on any atom is 0.152 e. The Morgan fingerprint density at radius 3 is 2.52 bits per heavy atom. The maximum absolute atomic E-state index is 11.5. The van der Waals surface area contributed by atoms with Gasteiger partial charge in [-0.2, -0.15) is 5.10 Å². The fourth-order valence-electron chi connectivity index (χ4n) is 3.76. The minimum Gasteiger partial charge on any atom is -0.491 e. The smallest absolute Gasteiger partial charge is 0.152 e. The van der Waals surface area contributed by atoms with E-state index in [0.717, 1.165) is 25.4 Å². The molecule has 158 valence electrons. The molecule has 4 rings (SSSR count). The van der Waals surface area contributed by atoms with Gasteiger partial charge in [-0.25, -0.2) is 8.42 Å². The molecule has 2 aliphatic heterocycles. The van der Waals surface area contributed by atoms with E-state index in [0.29, 0.717) is 25.7 Å². The number of likely N-dealkylation sites (tertiary alicyclic amines) is 1. The Labute approximate surface area is 171 Å². The molecule has 1 unspecified atom stereocenters. The highest BCUT2D eigenvalue weighted by Crippen LogP contribution is 2.23. The molecule has 0 bridgehead atoms. The summed E-state index contributed by atoms with van der Waals surface area (Å²) in [6.45, 7) is 4.49. The Bertz CT molecular complexity index is 866. The number of aliphatic hydroxyl groups excluding tert-OH is 1. The minimum absolute atomic E-state index is 0.168. The average molecular weight is 421 g/mol. The predicted molar refractivity (Wildman–Crippen MR) is 110 cm³/mol. The normalized spacial score (nSPS) is 21.6. The summed E-state index contributed by atoms with van der Waals surface area (Å²) in [6.07, 6.45) is 3.18. The number of aliphatic hydroxyl groups is 1. The van der Waals surface area contributed by atoms with Crippen molar-refractivity contribution in [3.63, 3.8) is 0 Å². The molecule has 0 amide bonds. The lowest BCUT2D eigenvalue weighted by molar-refractivity contribution is 0.0709. The quantitative estimate of drug-likeness (QED) is 0.662. The van der Waals surface area contributed by atoms with Crippen LogP contribution in [0.4, 0.5) is 0 Å². The molecule has 0 saturated carbocycles. The number of rotatable bonds is 8. The molecule has 1 N–H and O–H groups in total. The number of hydrogen-bond acceptors (Lipinski definition) is 7. The second kappa shape index (κ2) is 8.83. The van der Waals surface area contributed by atoms with Gasteiger partial charge in [-0.05, 0) is 23.8 Å². The molecular weight excluding hydrogens is 392 g/mol. The summed E-state index contributed by atoms with van der Waals surface area (Å²) in [7, 11) is -2.89. The van der Waals surface area contributed by atoms with Crippen molar-refractivity contribution < 1.29 is 18.3 Å². The summed E-state index contributed by atoms with van der Waals surface area (Å²) in [4.78, 5) is 4.35. The number of ether oxygens (including phenoxy) is 1. The van der Waals surface area contributed by atoms with Gasteiger partial charge in [0.15, 0.2) is 9.84 Å². The van der Waals surface area contributed by atoms with Gasteiger partial charge >= 0.3 is 0 Å². The second-order valence-electron chi connectivity index (χ2n) is 7.90. The van der Waals surface area contributed by atoms with Gasteiger partial charge in [-0.15, -0.1) is 0 Å². The van der Waals surface area contributed by atoms with Crippen molar-refractivity contribution in [1.29, 1.82) is 0 Å². The second-order valence-corrected chi connectivity index (χ2v) is 10.2. The van der Waals surface area contributed by atoms with Crippen molar-refractivity contribution in [3.05, 3.63) is 48.3 Å². The van der Waals surface area contributed by atoms with E-state index >= 15 is 0 Å². The van der Waals surface area contributed by atoms with E-state index in [9.17, 15) is 13.5 Å². The first-order valence-corrected chi connectivity index (χ1v) is 11.8. The Hall–Kier alpha value is -1.94. The first kappa shape index (κ1) is 20.3. The molecule has 1 aromatic carbocycles. The van der Waals surface area contributed by atoms with Gasteiger partial charge in [-0.3, -0.25) is 14.5 Å². The zero-order valence-corrected chi connectivity index (χ0v) is 17.2. The SMILES string of the molecule is O=S1(=O)CCN(CC(O)COc2ccc(CN3CC(n4cccn4)C3)cc2)CC1. The highest BCUT2D eigenvalue weighted by atomic mass is 32.2. The van der Waals surface area contributed by atoms with Crippen LogP contribution in [0.3, 0.4) is 0 Å². The Morgan fingerprint density at radius 1 is 1.14 bits per heavy atom. The molecule has 2 aliphatic rings. The molecule has 3 heterocycles. The highest BCUT2D eigenvalue weighted by molar-refractivity contribution is 7.91. The summed E-state index contributed by atoms with van der Waals surface area (Å²) in [5.74, 6) is 1.07. The first-order chi connectivity index (χ1) is 14.0. The van der Waals surface area contributed by atoms with Crippen LogP contribution >= 0.6 is 0 Å². The number of aromatic nitrogens is 2. The molecule has 2 aromatic rings. The summed E-state index contributed by atoms with van der Waals surface area (Å²) in [5, 5.41) is 14.5.